The third-order valence-electron chi connectivity index (χ3n) is 4.68. The maximum Gasteiger partial charge on any atom is 0.237 e. The van der Waals surface area contributed by atoms with Crippen molar-refractivity contribution in [3.8, 4) is 11.3 Å². The Morgan fingerprint density at radius 2 is 2.04 bits per heavy atom. The van der Waals surface area contributed by atoms with Crippen LogP contribution in [0.2, 0.25) is 5.02 Å². The highest BCUT2D eigenvalue weighted by Gasteiger charge is 2.22. The van der Waals surface area contributed by atoms with Crippen molar-refractivity contribution in [1.82, 2.24) is 15.4 Å². The van der Waals surface area contributed by atoms with Gasteiger partial charge in [-0.3, -0.25) is 9.69 Å². The quantitative estimate of drug-likeness (QED) is 0.878. The lowest BCUT2D eigenvalue weighted by molar-refractivity contribution is -0.126. The van der Waals surface area contributed by atoms with Crippen LogP contribution >= 0.6 is 11.6 Å². The Labute approximate surface area is 153 Å². The molecule has 134 valence electrons. The molecule has 0 unspecified atom stereocenters. The lowest BCUT2D eigenvalue weighted by Gasteiger charge is -2.26. The van der Waals surface area contributed by atoms with E-state index in [2.05, 4.69) is 15.4 Å². The highest BCUT2D eigenvalue weighted by atomic mass is 35.5. The number of carbonyl (C=O) groups is 1. The molecule has 25 heavy (non-hydrogen) atoms. The second kappa shape index (κ2) is 8.50. The van der Waals surface area contributed by atoms with Gasteiger partial charge in [-0.2, -0.15) is 0 Å². The molecule has 6 heteroatoms. The third-order valence-corrected chi connectivity index (χ3v) is 4.92. The van der Waals surface area contributed by atoms with Crippen LogP contribution in [0, 0.1) is 0 Å². The summed E-state index contributed by atoms with van der Waals surface area (Å²) in [6.45, 7) is 4.30. The standard InChI is InChI=1S/C19H24ClN3O2/c1-14(23-9-4-2-3-5-10-23)19(24)21-13-17-12-18(22-25-17)15-7-6-8-16(20)11-15/h6-8,11-12,14H,2-5,9-10,13H2,1H3,(H,21,24)/t14-/m0/s1. The summed E-state index contributed by atoms with van der Waals surface area (Å²) in [7, 11) is 0. The molecule has 0 spiro atoms. The van der Waals surface area contributed by atoms with Gasteiger partial charge in [0, 0.05) is 16.7 Å². The maximum absolute atomic E-state index is 12.4. The average molecular weight is 362 g/mol. The molecule has 1 aromatic carbocycles. The Kier molecular flexibility index (Phi) is 6.10. The molecule has 0 bridgehead atoms. The van der Waals surface area contributed by atoms with Crippen LogP contribution in [0.15, 0.2) is 34.9 Å². The first-order chi connectivity index (χ1) is 12.1. The minimum absolute atomic E-state index is 0.0302. The fourth-order valence-electron chi connectivity index (χ4n) is 3.15. The van der Waals surface area contributed by atoms with Crippen molar-refractivity contribution >= 4 is 17.5 Å². The Morgan fingerprint density at radius 3 is 2.76 bits per heavy atom. The number of carbonyl (C=O) groups excluding carboxylic acids is 1. The van der Waals surface area contributed by atoms with Crippen molar-refractivity contribution in [3.05, 3.63) is 41.1 Å². The Morgan fingerprint density at radius 1 is 1.28 bits per heavy atom. The molecule has 0 saturated carbocycles. The number of hydrogen-bond acceptors (Lipinski definition) is 4. The van der Waals surface area contributed by atoms with E-state index in [0.717, 1.165) is 18.7 Å². The highest BCUT2D eigenvalue weighted by molar-refractivity contribution is 6.30. The fraction of sp³-hybridized carbons (Fsp3) is 0.474. The minimum atomic E-state index is -0.117. The number of nitrogens with one attached hydrogen (secondary N) is 1. The first-order valence-corrected chi connectivity index (χ1v) is 9.24. The zero-order valence-corrected chi connectivity index (χ0v) is 15.3. The van der Waals surface area contributed by atoms with E-state index < -0.39 is 0 Å². The van der Waals surface area contributed by atoms with Crippen LogP contribution in [-0.2, 0) is 11.3 Å². The molecule has 1 aliphatic rings. The molecule has 0 radical (unpaired) electrons. The highest BCUT2D eigenvalue weighted by Crippen LogP contribution is 2.22. The lowest BCUT2D eigenvalue weighted by atomic mass is 10.1. The van der Waals surface area contributed by atoms with Crippen molar-refractivity contribution in [2.24, 2.45) is 0 Å². The second-order valence-corrected chi connectivity index (χ2v) is 6.97. The van der Waals surface area contributed by atoms with E-state index in [1.807, 2.05) is 37.3 Å². The van der Waals surface area contributed by atoms with Crippen molar-refractivity contribution in [3.63, 3.8) is 0 Å². The molecule has 1 atom stereocenters. The average Bonchev–Trinajstić information content (AvgIpc) is 2.92. The van der Waals surface area contributed by atoms with E-state index >= 15 is 0 Å². The van der Waals surface area contributed by atoms with Crippen molar-refractivity contribution in [2.75, 3.05) is 13.1 Å². The van der Waals surface area contributed by atoms with Gasteiger partial charge in [0.2, 0.25) is 5.91 Å². The van der Waals surface area contributed by atoms with E-state index in [1.54, 1.807) is 0 Å². The van der Waals surface area contributed by atoms with Gasteiger partial charge >= 0.3 is 0 Å². The molecule has 1 saturated heterocycles. The topological polar surface area (TPSA) is 58.4 Å². The number of hydrogen-bond donors (Lipinski definition) is 1. The molecule has 1 aromatic heterocycles. The molecular formula is C19H24ClN3O2. The smallest absolute Gasteiger partial charge is 0.237 e. The van der Waals surface area contributed by atoms with Gasteiger partial charge in [-0.15, -0.1) is 0 Å². The molecule has 1 amide bonds. The number of benzene rings is 1. The van der Waals surface area contributed by atoms with E-state index in [4.69, 9.17) is 16.1 Å². The molecule has 1 N–H and O–H groups in total. The SMILES string of the molecule is C[C@@H](C(=O)NCc1cc(-c2cccc(Cl)c2)no1)N1CCCCCC1. The Bertz CT molecular complexity index is 708. The molecule has 0 aliphatic carbocycles. The molecule has 5 nitrogen and oxygen atoms in total. The van der Waals surface area contributed by atoms with Crippen LogP contribution in [-0.4, -0.2) is 35.1 Å². The van der Waals surface area contributed by atoms with Crippen LogP contribution in [0.1, 0.15) is 38.4 Å². The van der Waals surface area contributed by atoms with Crippen LogP contribution in [0.4, 0.5) is 0 Å². The Hall–Kier alpha value is -1.85. The molecule has 2 heterocycles. The molecule has 3 rings (SSSR count). The number of amides is 1. The summed E-state index contributed by atoms with van der Waals surface area (Å²) >= 11 is 6.00. The zero-order chi connectivity index (χ0) is 17.6. The predicted octanol–water partition coefficient (Wildman–Crippen LogP) is 3.88. The number of halogens is 1. The normalized spacial score (nSPS) is 17.0. The van der Waals surface area contributed by atoms with Gasteiger partial charge in [0.15, 0.2) is 5.76 Å². The lowest BCUT2D eigenvalue weighted by Crippen LogP contribution is -2.45. The van der Waals surface area contributed by atoms with E-state index in [1.165, 1.54) is 25.7 Å². The first kappa shape index (κ1) is 18.0. The summed E-state index contributed by atoms with van der Waals surface area (Å²) in [5.74, 6) is 0.661. The number of likely N-dealkylation sites (tertiary alicyclic amines) is 1. The predicted molar refractivity (Wildman–Crippen MR) is 98.3 cm³/mol. The van der Waals surface area contributed by atoms with Gasteiger partial charge in [0.1, 0.15) is 5.69 Å². The number of aromatic nitrogens is 1. The van der Waals surface area contributed by atoms with Crippen LogP contribution in [0.3, 0.4) is 0 Å². The van der Waals surface area contributed by atoms with Crippen LogP contribution in [0.5, 0.6) is 0 Å². The maximum atomic E-state index is 12.4. The van der Waals surface area contributed by atoms with Crippen molar-refractivity contribution < 1.29 is 9.32 Å². The van der Waals surface area contributed by atoms with E-state index in [-0.39, 0.29) is 11.9 Å². The molecular weight excluding hydrogens is 338 g/mol. The van der Waals surface area contributed by atoms with Crippen molar-refractivity contribution in [1.29, 1.82) is 0 Å². The monoisotopic (exact) mass is 361 g/mol. The van der Waals surface area contributed by atoms with Gasteiger partial charge in [-0.1, -0.05) is 41.7 Å². The summed E-state index contributed by atoms with van der Waals surface area (Å²) in [6, 6.07) is 9.17. The van der Waals surface area contributed by atoms with E-state index in [0.29, 0.717) is 23.0 Å². The summed E-state index contributed by atoms with van der Waals surface area (Å²) in [6.07, 6.45) is 4.86. The largest absolute Gasteiger partial charge is 0.359 e. The van der Waals surface area contributed by atoms with Crippen LogP contribution < -0.4 is 5.32 Å². The zero-order valence-electron chi connectivity index (χ0n) is 14.5. The molecule has 1 aliphatic heterocycles. The second-order valence-electron chi connectivity index (χ2n) is 6.53. The number of rotatable bonds is 5. The van der Waals surface area contributed by atoms with E-state index in [9.17, 15) is 4.79 Å². The molecule has 1 fully saturated rings. The number of nitrogens with zero attached hydrogens (tertiary/aromatic N) is 2. The summed E-state index contributed by atoms with van der Waals surface area (Å²) in [4.78, 5) is 14.7. The van der Waals surface area contributed by atoms with Crippen molar-refractivity contribution in [2.45, 2.75) is 45.2 Å². The van der Waals surface area contributed by atoms with Gasteiger partial charge in [-0.25, -0.2) is 0 Å². The van der Waals surface area contributed by atoms with Gasteiger partial charge in [0.05, 0.1) is 12.6 Å². The fourth-order valence-corrected chi connectivity index (χ4v) is 3.34. The van der Waals surface area contributed by atoms with Gasteiger partial charge in [0.25, 0.3) is 0 Å². The molecule has 2 aromatic rings. The third kappa shape index (κ3) is 4.83. The summed E-state index contributed by atoms with van der Waals surface area (Å²) in [5.41, 5.74) is 1.61. The Balaban J connectivity index is 1.55. The minimum Gasteiger partial charge on any atom is -0.359 e. The van der Waals surface area contributed by atoms with Gasteiger partial charge in [-0.05, 0) is 45.0 Å². The van der Waals surface area contributed by atoms with Gasteiger partial charge < -0.3 is 9.84 Å². The summed E-state index contributed by atoms with van der Waals surface area (Å²) < 4.78 is 5.33. The summed E-state index contributed by atoms with van der Waals surface area (Å²) in [5, 5.41) is 7.66. The first-order valence-electron chi connectivity index (χ1n) is 8.87. The van der Waals surface area contributed by atoms with Crippen LogP contribution in [0.25, 0.3) is 11.3 Å².